The minimum Gasteiger partial charge on any atom is -0.417 e. The Bertz CT molecular complexity index is 1050. The van der Waals surface area contributed by atoms with Crippen LogP contribution in [0.25, 0.3) is 10.9 Å². The lowest BCUT2D eigenvalue weighted by Crippen LogP contribution is -2.59. The van der Waals surface area contributed by atoms with E-state index in [1.165, 1.54) is 12.3 Å². The van der Waals surface area contributed by atoms with Gasteiger partial charge in [-0.25, -0.2) is 4.98 Å². The summed E-state index contributed by atoms with van der Waals surface area (Å²) < 4.78 is 28.6. The number of aryl methyl sites for hydroxylation is 2. The Labute approximate surface area is 165 Å². The molecule has 0 radical (unpaired) electrons. The zero-order valence-electron chi connectivity index (χ0n) is 15.9. The molecule has 29 heavy (non-hydrogen) atoms. The predicted octanol–water partition coefficient (Wildman–Crippen LogP) is 2.86. The molecule has 1 N–H and O–H groups in total. The average molecular weight is 399 g/mol. The molecule has 1 amide bonds. The van der Waals surface area contributed by atoms with Crippen molar-refractivity contribution in [2.75, 3.05) is 18.0 Å². The first kappa shape index (κ1) is 19.0. The van der Waals surface area contributed by atoms with Crippen LogP contribution in [0.2, 0.25) is 0 Å². The van der Waals surface area contributed by atoms with Crippen LogP contribution in [0, 0.1) is 13.8 Å². The quantitative estimate of drug-likeness (QED) is 0.711. The molecule has 0 bridgehead atoms. The predicted molar refractivity (Wildman–Crippen MR) is 103 cm³/mol. The Hall–Kier alpha value is -3.36. The molecule has 0 unspecified atom stereocenters. The smallest absolute Gasteiger partial charge is 0.388 e. The largest absolute Gasteiger partial charge is 0.417 e. The number of alkyl halides is 2. The van der Waals surface area contributed by atoms with E-state index in [4.69, 9.17) is 0 Å². The van der Waals surface area contributed by atoms with Crippen molar-refractivity contribution >= 4 is 22.5 Å². The number of halogens is 2. The van der Waals surface area contributed by atoms with Crippen molar-refractivity contribution in [1.29, 1.82) is 0 Å². The standard InChI is InChI=1S/C20H19F2N5O2/c1-11-12(2)25-26-17-5-3-13(7-16(11)17)19(28)24-14-9-27(10-14)15-4-6-18(23-8-15)29-20(21)22/h3-8,14,20H,9-10H2,1-2H3,(H,24,28). The maximum atomic E-state index is 12.6. The first-order valence-corrected chi connectivity index (χ1v) is 9.11. The number of ether oxygens (including phenoxy) is 1. The third-order valence-corrected chi connectivity index (χ3v) is 5.03. The zero-order valence-corrected chi connectivity index (χ0v) is 15.9. The second-order valence-corrected chi connectivity index (χ2v) is 6.95. The second-order valence-electron chi connectivity index (χ2n) is 6.95. The highest BCUT2D eigenvalue weighted by molar-refractivity contribution is 5.98. The summed E-state index contributed by atoms with van der Waals surface area (Å²) in [5.74, 6) is -0.273. The van der Waals surface area contributed by atoms with E-state index in [0.717, 1.165) is 27.8 Å². The summed E-state index contributed by atoms with van der Waals surface area (Å²) >= 11 is 0. The first-order chi connectivity index (χ1) is 13.9. The van der Waals surface area contributed by atoms with Crippen LogP contribution in [0.5, 0.6) is 5.88 Å². The molecule has 0 saturated carbocycles. The normalized spacial score (nSPS) is 14.2. The van der Waals surface area contributed by atoms with E-state index >= 15 is 0 Å². The van der Waals surface area contributed by atoms with Gasteiger partial charge in [0.15, 0.2) is 0 Å². The molecule has 2 aromatic heterocycles. The molecule has 1 aliphatic rings. The molecular formula is C20H19F2N5O2. The van der Waals surface area contributed by atoms with Crippen LogP contribution in [-0.4, -0.2) is 46.8 Å². The van der Waals surface area contributed by atoms with Crippen molar-refractivity contribution in [2.24, 2.45) is 0 Å². The van der Waals surface area contributed by atoms with Gasteiger partial charge in [0, 0.05) is 30.1 Å². The molecule has 1 aromatic carbocycles. The third kappa shape index (κ3) is 3.94. The van der Waals surface area contributed by atoms with Gasteiger partial charge in [-0.3, -0.25) is 4.79 Å². The molecule has 4 rings (SSSR count). The van der Waals surface area contributed by atoms with Crippen molar-refractivity contribution in [1.82, 2.24) is 20.5 Å². The zero-order chi connectivity index (χ0) is 20.5. The second kappa shape index (κ2) is 7.57. The molecule has 1 saturated heterocycles. The molecule has 0 aliphatic carbocycles. The lowest BCUT2D eigenvalue weighted by atomic mass is 10.0. The van der Waals surface area contributed by atoms with Gasteiger partial charge in [-0.05, 0) is 43.7 Å². The molecule has 1 aliphatic heterocycles. The van der Waals surface area contributed by atoms with Gasteiger partial charge < -0.3 is 15.0 Å². The topological polar surface area (TPSA) is 80.2 Å². The summed E-state index contributed by atoms with van der Waals surface area (Å²) in [7, 11) is 0. The average Bonchev–Trinajstić information content (AvgIpc) is 2.67. The van der Waals surface area contributed by atoms with E-state index < -0.39 is 6.61 Å². The van der Waals surface area contributed by atoms with Gasteiger partial charge in [-0.1, -0.05) is 0 Å². The number of hydrogen-bond acceptors (Lipinski definition) is 6. The van der Waals surface area contributed by atoms with Crippen LogP contribution in [0.15, 0.2) is 36.5 Å². The van der Waals surface area contributed by atoms with Crippen molar-refractivity contribution in [3.63, 3.8) is 0 Å². The number of carbonyl (C=O) groups is 1. The number of nitrogens with one attached hydrogen (secondary N) is 1. The van der Waals surface area contributed by atoms with Crippen LogP contribution in [0.3, 0.4) is 0 Å². The van der Waals surface area contributed by atoms with Crippen LogP contribution in [-0.2, 0) is 0 Å². The van der Waals surface area contributed by atoms with Crippen molar-refractivity contribution in [2.45, 2.75) is 26.5 Å². The van der Waals surface area contributed by atoms with Crippen LogP contribution >= 0.6 is 0 Å². The molecule has 7 nitrogen and oxygen atoms in total. The number of carbonyl (C=O) groups excluding carboxylic acids is 1. The fraction of sp³-hybridized carbons (Fsp3) is 0.300. The van der Waals surface area contributed by atoms with Crippen molar-refractivity contribution in [3.05, 3.63) is 53.3 Å². The van der Waals surface area contributed by atoms with E-state index in [9.17, 15) is 13.6 Å². The van der Waals surface area contributed by atoms with Gasteiger partial charge in [0.05, 0.1) is 29.1 Å². The molecule has 0 atom stereocenters. The minimum absolute atomic E-state index is 0.00594. The Morgan fingerprint density at radius 3 is 2.69 bits per heavy atom. The fourth-order valence-corrected chi connectivity index (χ4v) is 3.23. The lowest BCUT2D eigenvalue weighted by Gasteiger charge is -2.41. The van der Waals surface area contributed by atoms with Gasteiger partial charge in [-0.2, -0.15) is 19.0 Å². The number of hydrogen-bond donors (Lipinski definition) is 1. The van der Waals surface area contributed by atoms with E-state index in [2.05, 4.69) is 25.2 Å². The molecular weight excluding hydrogens is 380 g/mol. The molecule has 3 heterocycles. The van der Waals surface area contributed by atoms with Crippen molar-refractivity contribution in [3.8, 4) is 5.88 Å². The number of pyridine rings is 1. The number of anilines is 1. The minimum atomic E-state index is -2.90. The Balaban J connectivity index is 1.37. The van der Waals surface area contributed by atoms with Crippen LogP contribution in [0.4, 0.5) is 14.5 Å². The van der Waals surface area contributed by atoms with Gasteiger partial charge in [0.25, 0.3) is 5.91 Å². The molecule has 150 valence electrons. The summed E-state index contributed by atoms with van der Waals surface area (Å²) in [6, 6.07) is 8.43. The molecule has 1 fully saturated rings. The fourth-order valence-electron chi connectivity index (χ4n) is 3.23. The summed E-state index contributed by atoms with van der Waals surface area (Å²) in [6.07, 6.45) is 1.48. The lowest BCUT2D eigenvalue weighted by molar-refractivity contribution is -0.0528. The van der Waals surface area contributed by atoms with Gasteiger partial charge in [-0.15, -0.1) is 0 Å². The Kier molecular flexibility index (Phi) is 4.96. The van der Waals surface area contributed by atoms with Crippen molar-refractivity contribution < 1.29 is 18.3 Å². The monoisotopic (exact) mass is 399 g/mol. The Morgan fingerprint density at radius 1 is 1.21 bits per heavy atom. The molecule has 0 spiro atoms. The van der Waals surface area contributed by atoms with Gasteiger partial charge in [0.1, 0.15) is 0 Å². The summed E-state index contributed by atoms with van der Waals surface area (Å²) in [4.78, 5) is 18.5. The van der Waals surface area contributed by atoms with E-state index in [-0.39, 0.29) is 17.8 Å². The molecule has 9 heteroatoms. The maximum Gasteiger partial charge on any atom is 0.388 e. The highest BCUT2D eigenvalue weighted by Gasteiger charge is 2.29. The van der Waals surface area contributed by atoms with Crippen LogP contribution < -0.4 is 15.0 Å². The highest BCUT2D eigenvalue weighted by Crippen LogP contribution is 2.23. The number of rotatable bonds is 5. The van der Waals surface area contributed by atoms with Gasteiger partial charge in [0.2, 0.25) is 5.88 Å². The number of amides is 1. The third-order valence-electron chi connectivity index (χ3n) is 5.03. The number of nitrogens with zero attached hydrogens (tertiary/aromatic N) is 4. The van der Waals surface area contributed by atoms with Gasteiger partial charge >= 0.3 is 6.61 Å². The summed E-state index contributed by atoms with van der Waals surface area (Å²) in [6.45, 7) is 2.17. The number of benzene rings is 1. The maximum absolute atomic E-state index is 12.6. The van der Waals surface area contributed by atoms with E-state index in [0.29, 0.717) is 18.7 Å². The SMILES string of the molecule is Cc1nnc2ccc(C(=O)NC3CN(c4ccc(OC(F)F)nc4)C3)cc2c1C. The number of aromatic nitrogens is 3. The van der Waals surface area contributed by atoms with Crippen LogP contribution in [0.1, 0.15) is 21.6 Å². The van der Waals surface area contributed by atoms with E-state index in [1.807, 2.05) is 24.8 Å². The summed E-state index contributed by atoms with van der Waals surface area (Å²) in [5.41, 5.74) is 3.95. The number of fused-ring (bicyclic) bond motifs is 1. The Morgan fingerprint density at radius 2 is 2.00 bits per heavy atom. The molecule has 3 aromatic rings. The first-order valence-electron chi connectivity index (χ1n) is 9.11. The van der Waals surface area contributed by atoms with E-state index in [1.54, 1.807) is 18.2 Å². The summed E-state index contributed by atoms with van der Waals surface area (Å²) in [5, 5.41) is 12.2. The highest BCUT2D eigenvalue weighted by atomic mass is 19.3.